The topological polar surface area (TPSA) is 88.7 Å². The fourth-order valence-electron chi connectivity index (χ4n) is 2.30. The van der Waals surface area contributed by atoms with Crippen LogP contribution in [0.3, 0.4) is 0 Å². The fraction of sp³-hybridized carbons (Fsp3) is 0.312. The second kappa shape index (κ2) is 7.55. The number of hydrogen-bond acceptors (Lipinski definition) is 6. The Balaban J connectivity index is 1.50. The summed E-state index contributed by atoms with van der Waals surface area (Å²) in [4.78, 5) is 13.8. The molecule has 1 aliphatic heterocycles. The molecule has 0 radical (unpaired) electrons. The van der Waals surface area contributed by atoms with E-state index in [9.17, 15) is 23.3 Å². The monoisotopic (exact) mass is 383 g/mol. The van der Waals surface area contributed by atoms with Crippen LogP contribution in [0.1, 0.15) is 5.56 Å². The van der Waals surface area contributed by atoms with Gasteiger partial charge in [0.05, 0.1) is 6.54 Å². The Morgan fingerprint density at radius 2 is 2.11 bits per heavy atom. The number of benzene rings is 1. The normalized spacial score (nSPS) is 15.9. The molecule has 0 spiro atoms. The van der Waals surface area contributed by atoms with Crippen LogP contribution in [0.5, 0.6) is 11.8 Å². The highest BCUT2D eigenvalue weighted by Gasteiger charge is 2.31. The summed E-state index contributed by atoms with van der Waals surface area (Å²) in [6.45, 7) is 0.571. The van der Waals surface area contributed by atoms with E-state index in [1.54, 1.807) is 0 Å². The Bertz CT molecular complexity index is 883. The number of hydrogen-bond donors (Lipinski definition) is 0. The summed E-state index contributed by atoms with van der Waals surface area (Å²) in [6, 6.07) is 5.29. The molecule has 142 valence electrons. The van der Waals surface area contributed by atoms with Crippen molar-refractivity contribution >= 4 is 5.82 Å². The number of alkyl halides is 3. The molecule has 8 nitrogen and oxygen atoms in total. The third kappa shape index (κ3) is 5.11. The average molecular weight is 383 g/mol. The van der Waals surface area contributed by atoms with Crippen LogP contribution in [-0.4, -0.2) is 40.2 Å². The molecule has 1 aromatic heterocycles. The molecule has 0 amide bonds. The molecule has 11 heteroatoms. The van der Waals surface area contributed by atoms with Crippen molar-refractivity contribution in [3.05, 3.63) is 46.1 Å². The highest BCUT2D eigenvalue weighted by atomic mass is 19.4. The lowest BCUT2D eigenvalue weighted by Gasteiger charge is -2.21. The van der Waals surface area contributed by atoms with Crippen molar-refractivity contribution < 1.29 is 32.3 Å². The average Bonchev–Trinajstić information content (AvgIpc) is 3.02. The Labute approximate surface area is 150 Å². The molecule has 1 aromatic carbocycles. The maximum absolute atomic E-state index is 12.1. The zero-order chi connectivity index (χ0) is 19.4. The molecule has 1 aliphatic rings. The fourth-order valence-corrected chi connectivity index (χ4v) is 2.30. The van der Waals surface area contributed by atoms with Gasteiger partial charge in [-0.2, -0.15) is 0 Å². The Kier molecular flexibility index (Phi) is 5.18. The molecule has 3 rings (SSSR count). The van der Waals surface area contributed by atoms with Crippen molar-refractivity contribution in [2.24, 2.45) is 0 Å². The molecule has 0 unspecified atom stereocenters. The lowest BCUT2D eigenvalue weighted by Crippen LogP contribution is -2.32. The van der Waals surface area contributed by atoms with E-state index in [-0.39, 0.29) is 36.9 Å². The summed E-state index contributed by atoms with van der Waals surface area (Å²) in [7, 11) is 0. The van der Waals surface area contributed by atoms with Gasteiger partial charge in [0.15, 0.2) is 0 Å². The first-order chi connectivity index (χ1) is 12.8. The zero-order valence-corrected chi connectivity index (χ0v) is 13.6. The van der Waals surface area contributed by atoms with Crippen LogP contribution in [0.25, 0.3) is 0 Å². The highest BCUT2D eigenvalue weighted by Crippen LogP contribution is 2.23. The van der Waals surface area contributed by atoms with Gasteiger partial charge < -0.3 is 24.3 Å². The predicted molar refractivity (Wildman–Crippen MR) is 84.1 cm³/mol. The summed E-state index contributed by atoms with van der Waals surface area (Å²) in [5.41, 5.74) is 0.500. The number of halogens is 3. The van der Waals surface area contributed by atoms with Gasteiger partial charge in [-0.3, -0.25) is 4.57 Å². The molecule has 0 saturated heterocycles. The first-order valence-electron chi connectivity index (χ1n) is 7.61. The molecule has 0 N–H and O–H groups in total. The van der Waals surface area contributed by atoms with Crippen molar-refractivity contribution in [1.82, 2.24) is 9.55 Å². The minimum Gasteiger partial charge on any atom is -0.443 e. The van der Waals surface area contributed by atoms with E-state index in [0.29, 0.717) is 12.1 Å². The minimum absolute atomic E-state index is 0.0565. The second-order valence-electron chi connectivity index (χ2n) is 5.41. The Morgan fingerprint density at radius 3 is 2.78 bits per heavy atom. The summed E-state index contributed by atoms with van der Waals surface area (Å²) >= 11 is 0. The minimum atomic E-state index is -4.74. The van der Waals surface area contributed by atoms with E-state index in [1.807, 2.05) is 0 Å². The van der Waals surface area contributed by atoms with Gasteiger partial charge in [-0.15, -0.1) is 13.2 Å². The quantitative estimate of drug-likeness (QED) is 0.458. The number of fused-ring (bicyclic) bond motifs is 1. The van der Waals surface area contributed by atoms with Crippen molar-refractivity contribution in [2.45, 2.75) is 19.0 Å². The van der Waals surface area contributed by atoms with Crippen LogP contribution >= 0.6 is 0 Å². The molecule has 2 heterocycles. The van der Waals surface area contributed by atoms with Gasteiger partial charge in [-0.25, -0.2) is 0 Å². The van der Waals surface area contributed by atoms with Gasteiger partial charge in [-0.1, -0.05) is 11.8 Å². The Hall–Kier alpha value is -3.26. The molecule has 0 aliphatic carbocycles. The van der Waals surface area contributed by atoms with Crippen LogP contribution in [0.4, 0.5) is 19.0 Å². The van der Waals surface area contributed by atoms with Crippen LogP contribution in [0, 0.1) is 22.0 Å². The van der Waals surface area contributed by atoms with E-state index < -0.39 is 11.3 Å². The lowest BCUT2D eigenvalue weighted by molar-refractivity contribution is -0.389. The summed E-state index contributed by atoms with van der Waals surface area (Å²) in [6.07, 6.45) is -3.83. The van der Waals surface area contributed by atoms with Gasteiger partial charge in [0.1, 0.15) is 31.3 Å². The zero-order valence-electron chi connectivity index (χ0n) is 13.6. The standard InChI is InChI=1S/C16H12F3N3O5/c17-16(18,19)27-12-5-3-11(4-6-12)2-1-7-25-13-8-21-9-14(22(23)24)20-15(21)26-10-13/h3-6,9,13H,7-8,10H2/t13-/m1/s1. The highest BCUT2D eigenvalue weighted by molar-refractivity contribution is 5.38. The van der Waals surface area contributed by atoms with E-state index in [2.05, 4.69) is 21.6 Å². The van der Waals surface area contributed by atoms with Crippen molar-refractivity contribution in [3.63, 3.8) is 0 Å². The molecule has 0 fully saturated rings. The maximum Gasteiger partial charge on any atom is 0.573 e. The van der Waals surface area contributed by atoms with E-state index in [4.69, 9.17) is 9.47 Å². The molecule has 2 aromatic rings. The SMILES string of the molecule is O=[N+]([O-])c1cn2c(n1)OC[C@H](OCC#Cc1ccc(OC(F)(F)F)cc1)C2. The lowest BCUT2D eigenvalue weighted by atomic mass is 10.2. The third-order valence-electron chi connectivity index (χ3n) is 3.42. The third-order valence-corrected chi connectivity index (χ3v) is 3.42. The maximum atomic E-state index is 12.1. The van der Waals surface area contributed by atoms with E-state index in [0.717, 1.165) is 0 Å². The van der Waals surface area contributed by atoms with Gasteiger partial charge in [0.2, 0.25) is 0 Å². The molecular formula is C16H12F3N3O5. The van der Waals surface area contributed by atoms with Crippen LogP contribution in [-0.2, 0) is 11.3 Å². The van der Waals surface area contributed by atoms with Gasteiger partial charge in [0, 0.05) is 10.5 Å². The molecule has 0 saturated carbocycles. The first-order valence-corrected chi connectivity index (χ1v) is 7.61. The van der Waals surface area contributed by atoms with Gasteiger partial charge in [-0.05, 0) is 29.2 Å². The first kappa shape index (κ1) is 18.5. The van der Waals surface area contributed by atoms with Crippen molar-refractivity contribution in [2.75, 3.05) is 13.2 Å². The predicted octanol–water partition coefficient (Wildman–Crippen LogP) is 2.52. The summed E-state index contributed by atoms with van der Waals surface area (Å²) in [5.74, 6) is 4.86. The largest absolute Gasteiger partial charge is 0.573 e. The molecule has 27 heavy (non-hydrogen) atoms. The van der Waals surface area contributed by atoms with E-state index in [1.165, 1.54) is 35.0 Å². The van der Waals surface area contributed by atoms with Crippen LogP contribution < -0.4 is 9.47 Å². The summed E-state index contributed by atoms with van der Waals surface area (Å²) in [5, 5.41) is 10.7. The van der Waals surface area contributed by atoms with Crippen molar-refractivity contribution in [1.29, 1.82) is 0 Å². The number of imidazole rings is 1. The number of ether oxygens (including phenoxy) is 3. The number of aromatic nitrogens is 2. The number of nitro groups is 1. The molecule has 1 atom stereocenters. The van der Waals surface area contributed by atoms with E-state index >= 15 is 0 Å². The van der Waals surface area contributed by atoms with Crippen LogP contribution in [0.15, 0.2) is 30.5 Å². The molecule has 0 bridgehead atoms. The molecular weight excluding hydrogens is 371 g/mol. The smallest absolute Gasteiger partial charge is 0.443 e. The van der Waals surface area contributed by atoms with Crippen molar-refractivity contribution in [3.8, 4) is 23.6 Å². The second-order valence-corrected chi connectivity index (χ2v) is 5.41. The van der Waals surface area contributed by atoms with Gasteiger partial charge >= 0.3 is 18.2 Å². The summed E-state index contributed by atoms with van der Waals surface area (Å²) < 4.78 is 52.3. The number of rotatable bonds is 4. The number of nitrogens with zero attached hydrogens (tertiary/aromatic N) is 3. The Morgan fingerprint density at radius 1 is 1.37 bits per heavy atom. The van der Waals surface area contributed by atoms with Crippen LogP contribution in [0.2, 0.25) is 0 Å². The van der Waals surface area contributed by atoms with Gasteiger partial charge in [0.25, 0.3) is 0 Å².